The highest BCUT2D eigenvalue weighted by Gasteiger charge is 2.13. The van der Waals surface area contributed by atoms with Crippen LogP contribution in [0.3, 0.4) is 0 Å². The summed E-state index contributed by atoms with van der Waals surface area (Å²) in [5, 5.41) is 5.43. The normalized spacial score (nSPS) is 10.6. The number of aromatic nitrogens is 6. The Bertz CT molecular complexity index is 1780. The summed E-state index contributed by atoms with van der Waals surface area (Å²) in [6.45, 7) is 2.90. The molecule has 0 aliphatic rings. The minimum Gasteiger partial charge on any atom is -0.308 e. The number of imidazole rings is 2. The summed E-state index contributed by atoms with van der Waals surface area (Å²) in [5.74, 6) is 0.578. The standard InChI is InChI=1S/C14H11BrN4O.C14H12N4O/c1-9(20)17-13-14-16-7-12(15)19(14)8-11(18-13)10-5-3-2-4-6-10;1-10(19)16-13-14-15-7-8-18(14)9-12(17-13)11-5-3-2-4-6-11/h2-8H,1H3,(H,17,18,20);2-9H,1H3,(H,16,17,19). The summed E-state index contributed by atoms with van der Waals surface area (Å²) in [5.41, 5.74) is 4.75. The van der Waals surface area contributed by atoms with Crippen LogP contribution in [0.4, 0.5) is 11.6 Å². The van der Waals surface area contributed by atoms with Crippen molar-refractivity contribution in [2.24, 2.45) is 0 Å². The van der Waals surface area contributed by atoms with Crippen LogP contribution >= 0.6 is 15.9 Å². The van der Waals surface area contributed by atoms with Crippen molar-refractivity contribution in [2.45, 2.75) is 13.8 Å². The Labute approximate surface area is 231 Å². The summed E-state index contributed by atoms with van der Waals surface area (Å²) >= 11 is 3.43. The van der Waals surface area contributed by atoms with Crippen molar-refractivity contribution >= 4 is 50.7 Å². The van der Waals surface area contributed by atoms with E-state index in [-0.39, 0.29) is 11.8 Å². The maximum absolute atomic E-state index is 11.3. The Kier molecular flexibility index (Phi) is 7.41. The van der Waals surface area contributed by atoms with Crippen LogP contribution in [0, 0.1) is 0 Å². The number of nitrogens with zero attached hydrogens (tertiary/aromatic N) is 6. The molecule has 0 aliphatic heterocycles. The van der Waals surface area contributed by atoms with E-state index in [0.29, 0.717) is 22.9 Å². The molecule has 2 aromatic carbocycles. The van der Waals surface area contributed by atoms with Gasteiger partial charge in [0.1, 0.15) is 4.60 Å². The third-order valence-corrected chi connectivity index (χ3v) is 6.14. The van der Waals surface area contributed by atoms with Gasteiger partial charge in [0.15, 0.2) is 22.9 Å². The zero-order valence-corrected chi connectivity index (χ0v) is 22.6. The summed E-state index contributed by atoms with van der Waals surface area (Å²) in [7, 11) is 0. The Morgan fingerprint density at radius 2 is 1.28 bits per heavy atom. The number of hydrogen-bond donors (Lipinski definition) is 2. The lowest BCUT2D eigenvalue weighted by Crippen LogP contribution is -2.10. The first-order chi connectivity index (χ1) is 18.9. The van der Waals surface area contributed by atoms with Gasteiger partial charge in [0.25, 0.3) is 0 Å². The molecule has 0 aliphatic carbocycles. The molecule has 0 saturated carbocycles. The van der Waals surface area contributed by atoms with Crippen molar-refractivity contribution in [3.63, 3.8) is 0 Å². The van der Waals surface area contributed by atoms with Gasteiger partial charge >= 0.3 is 0 Å². The van der Waals surface area contributed by atoms with Crippen molar-refractivity contribution in [1.29, 1.82) is 0 Å². The second kappa shape index (κ2) is 11.2. The predicted octanol–water partition coefficient (Wildman–Crippen LogP) is 5.47. The van der Waals surface area contributed by atoms with E-state index in [1.165, 1.54) is 13.8 Å². The molecule has 0 bridgehead atoms. The molecular weight excluding hydrogens is 560 g/mol. The van der Waals surface area contributed by atoms with Crippen LogP contribution in [0.5, 0.6) is 0 Å². The van der Waals surface area contributed by atoms with Gasteiger partial charge in [-0.15, -0.1) is 0 Å². The summed E-state index contributed by atoms with van der Waals surface area (Å²) in [6, 6.07) is 19.6. The molecule has 194 valence electrons. The van der Waals surface area contributed by atoms with E-state index >= 15 is 0 Å². The quantitative estimate of drug-likeness (QED) is 0.284. The highest BCUT2D eigenvalue weighted by atomic mass is 79.9. The van der Waals surface area contributed by atoms with E-state index in [4.69, 9.17) is 0 Å². The number of halogens is 1. The van der Waals surface area contributed by atoms with Gasteiger partial charge in [0.2, 0.25) is 11.8 Å². The molecule has 4 heterocycles. The molecule has 0 fully saturated rings. The first-order valence-electron chi connectivity index (χ1n) is 11.9. The number of fused-ring (bicyclic) bond motifs is 2. The van der Waals surface area contributed by atoms with Crippen LogP contribution in [0.25, 0.3) is 33.8 Å². The molecule has 6 aromatic rings. The Hall–Kier alpha value is -4.90. The molecule has 0 spiro atoms. The lowest BCUT2D eigenvalue weighted by atomic mass is 10.2. The lowest BCUT2D eigenvalue weighted by molar-refractivity contribution is -0.115. The van der Waals surface area contributed by atoms with Crippen molar-refractivity contribution in [3.05, 3.63) is 96.3 Å². The van der Waals surface area contributed by atoms with E-state index in [2.05, 4.69) is 46.5 Å². The smallest absolute Gasteiger partial charge is 0.222 e. The average Bonchev–Trinajstić information content (AvgIpc) is 3.56. The van der Waals surface area contributed by atoms with Gasteiger partial charge in [0.05, 0.1) is 17.6 Å². The Balaban J connectivity index is 0.000000158. The zero-order chi connectivity index (χ0) is 27.4. The van der Waals surface area contributed by atoms with Gasteiger partial charge in [-0.1, -0.05) is 60.7 Å². The summed E-state index contributed by atoms with van der Waals surface area (Å²) < 4.78 is 4.50. The summed E-state index contributed by atoms with van der Waals surface area (Å²) in [4.78, 5) is 39.9. The first-order valence-corrected chi connectivity index (χ1v) is 12.7. The van der Waals surface area contributed by atoms with Crippen molar-refractivity contribution in [1.82, 2.24) is 28.7 Å². The maximum atomic E-state index is 11.3. The number of amides is 2. The van der Waals surface area contributed by atoms with E-state index in [1.54, 1.807) is 12.4 Å². The number of nitrogens with one attached hydrogen (secondary N) is 2. The number of rotatable bonds is 4. The predicted molar refractivity (Wildman–Crippen MR) is 153 cm³/mol. The van der Waals surface area contributed by atoms with Gasteiger partial charge in [-0.2, -0.15) is 0 Å². The van der Waals surface area contributed by atoms with Gasteiger partial charge < -0.3 is 15.0 Å². The third kappa shape index (κ3) is 5.83. The van der Waals surface area contributed by atoms with Crippen molar-refractivity contribution < 1.29 is 9.59 Å². The van der Waals surface area contributed by atoms with Crippen molar-refractivity contribution in [2.75, 3.05) is 10.6 Å². The third-order valence-electron chi connectivity index (χ3n) is 5.55. The fraction of sp³-hybridized carbons (Fsp3) is 0.0714. The fourth-order valence-electron chi connectivity index (χ4n) is 3.89. The maximum Gasteiger partial charge on any atom is 0.222 e. The minimum absolute atomic E-state index is 0.164. The van der Waals surface area contributed by atoms with Crippen LogP contribution in [0.1, 0.15) is 13.8 Å². The van der Waals surface area contributed by atoms with Crippen LogP contribution in [-0.4, -0.2) is 40.6 Å². The molecule has 2 N–H and O–H groups in total. The number of hydrogen-bond acceptors (Lipinski definition) is 6. The van der Waals surface area contributed by atoms with Gasteiger partial charge in [0, 0.05) is 49.8 Å². The van der Waals surface area contributed by atoms with Gasteiger partial charge in [-0.3, -0.25) is 14.0 Å². The van der Waals surface area contributed by atoms with E-state index in [9.17, 15) is 9.59 Å². The van der Waals surface area contributed by atoms with Crippen LogP contribution < -0.4 is 10.6 Å². The zero-order valence-electron chi connectivity index (χ0n) is 21.0. The number of anilines is 2. The molecule has 4 aromatic heterocycles. The Morgan fingerprint density at radius 3 is 1.85 bits per heavy atom. The SMILES string of the molecule is CC(=O)Nc1nc(-c2ccccc2)cn2c(Br)cnc12.CC(=O)Nc1nc(-c2ccccc2)cn2ccnc12. The van der Waals surface area contributed by atoms with Crippen LogP contribution in [-0.2, 0) is 9.59 Å². The molecule has 6 rings (SSSR count). The first kappa shape index (κ1) is 25.7. The minimum atomic E-state index is -0.177. The molecular formula is C28H23BrN8O2. The second-order valence-corrected chi connectivity index (χ2v) is 9.29. The topological polar surface area (TPSA) is 119 Å². The average molecular weight is 583 g/mol. The fourth-order valence-corrected chi connectivity index (χ4v) is 4.26. The molecule has 0 saturated heterocycles. The van der Waals surface area contributed by atoms with E-state index in [0.717, 1.165) is 27.1 Å². The number of carbonyl (C=O) groups excluding carboxylic acids is 2. The molecule has 39 heavy (non-hydrogen) atoms. The highest BCUT2D eigenvalue weighted by Crippen LogP contribution is 2.25. The highest BCUT2D eigenvalue weighted by molar-refractivity contribution is 9.10. The number of benzene rings is 2. The second-order valence-electron chi connectivity index (χ2n) is 8.48. The molecule has 0 unspecified atom stereocenters. The van der Waals surface area contributed by atoms with E-state index in [1.807, 2.05) is 88.1 Å². The molecule has 11 heteroatoms. The van der Waals surface area contributed by atoms with Crippen LogP contribution in [0.15, 0.2) is 96.3 Å². The lowest BCUT2D eigenvalue weighted by Gasteiger charge is -2.08. The molecule has 2 amide bonds. The van der Waals surface area contributed by atoms with Gasteiger partial charge in [-0.25, -0.2) is 19.9 Å². The summed E-state index contributed by atoms with van der Waals surface area (Å²) in [6.07, 6.45) is 8.96. The van der Waals surface area contributed by atoms with E-state index < -0.39 is 0 Å². The molecule has 0 atom stereocenters. The van der Waals surface area contributed by atoms with Gasteiger partial charge in [-0.05, 0) is 15.9 Å². The largest absolute Gasteiger partial charge is 0.308 e. The van der Waals surface area contributed by atoms with Crippen LogP contribution in [0.2, 0.25) is 0 Å². The molecule has 10 nitrogen and oxygen atoms in total. The monoisotopic (exact) mass is 582 g/mol. The number of carbonyl (C=O) groups is 2. The van der Waals surface area contributed by atoms with Crippen molar-refractivity contribution in [3.8, 4) is 22.5 Å². The Morgan fingerprint density at radius 1 is 0.744 bits per heavy atom. The molecule has 0 radical (unpaired) electrons.